The van der Waals surface area contributed by atoms with Crippen LogP contribution >= 0.6 is 15.9 Å². The van der Waals surface area contributed by atoms with E-state index in [9.17, 15) is 0 Å². The molecule has 1 heterocycles. The summed E-state index contributed by atoms with van der Waals surface area (Å²) in [6.45, 7) is 0. The van der Waals surface area contributed by atoms with Gasteiger partial charge in [0.2, 0.25) is 0 Å². The van der Waals surface area contributed by atoms with Crippen molar-refractivity contribution in [3.63, 3.8) is 0 Å². The lowest BCUT2D eigenvalue weighted by Crippen LogP contribution is -1.91. The largest absolute Gasteiger partial charge is 0.497 e. The van der Waals surface area contributed by atoms with Gasteiger partial charge in [0.05, 0.1) is 18.3 Å². The summed E-state index contributed by atoms with van der Waals surface area (Å²) in [5.74, 6) is 0.830. The van der Waals surface area contributed by atoms with Gasteiger partial charge in [0.1, 0.15) is 5.75 Å². The standard InChI is InChI=1S/C22H16BrNO/c1-25-18-9-5-8-16(12-18)22-14-19(15-6-3-2-4-7-15)20-13-17(23)10-11-21(20)24-22/h2-14H,1H3. The lowest BCUT2D eigenvalue weighted by molar-refractivity contribution is 0.415. The molecule has 0 aliphatic carbocycles. The van der Waals surface area contributed by atoms with Gasteiger partial charge in [-0.1, -0.05) is 58.4 Å². The van der Waals surface area contributed by atoms with Crippen LogP contribution in [0.5, 0.6) is 5.75 Å². The topological polar surface area (TPSA) is 22.1 Å². The van der Waals surface area contributed by atoms with Gasteiger partial charge in [-0.25, -0.2) is 4.98 Å². The van der Waals surface area contributed by atoms with Crippen molar-refractivity contribution in [1.82, 2.24) is 4.98 Å². The number of methoxy groups -OCH3 is 1. The fourth-order valence-electron chi connectivity index (χ4n) is 2.98. The third-order valence-electron chi connectivity index (χ3n) is 4.22. The van der Waals surface area contributed by atoms with Gasteiger partial charge >= 0.3 is 0 Å². The van der Waals surface area contributed by atoms with E-state index in [-0.39, 0.29) is 0 Å². The second-order valence-corrected chi connectivity index (χ2v) is 6.73. The first kappa shape index (κ1) is 15.9. The highest BCUT2D eigenvalue weighted by atomic mass is 79.9. The predicted octanol–water partition coefficient (Wildman–Crippen LogP) is 6.34. The number of pyridine rings is 1. The third kappa shape index (κ3) is 3.15. The molecule has 2 nitrogen and oxygen atoms in total. The van der Waals surface area contributed by atoms with Gasteiger partial charge < -0.3 is 4.74 Å². The maximum atomic E-state index is 5.36. The smallest absolute Gasteiger partial charge is 0.119 e. The molecule has 0 bridgehead atoms. The van der Waals surface area contributed by atoms with Crippen molar-refractivity contribution in [1.29, 1.82) is 0 Å². The van der Waals surface area contributed by atoms with Crippen LogP contribution in [-0.4, -0.2) is 12.1 Å². The minimum Gasteiger partial charge on any atom is -0.497 e. The van der Waals surface area contributed by atoms with Gasteiger partial charge in [-0.15, -0.1) is 0 Å². The Bertz CT molecular complexity index is 1040. The summed E-state index contributed by atoms with van der Waals surface area (Å²) >= 11 is 3.58. The summed E-state index contributed by atoms with van der Waals surface area (Å²) in [6, 6.07) is 26.8. The van der Waals surface area contributed by atoms with Gasteiger partial charge in [-0.2, -0.15) is 0 Å². The molecule has 0 fully saturated rings. The van der Waals surface area contributed by atoms with Crippen LogP contribution in [0.2, 0.25) is 0 Å². The van der Waals surface area contributed by atoms with Crippen LogP contribution in [-0.2, 0) is 0 Å². The first-order valence-electron chi connectivity index (χ1n) is 8.05. The molecular weight excluding hydrogens is 374 g/mol. The van der Waals surface area contributed by atoms with Gasteiger partial charge in [-0.3, -0.25) is 0 Å². The SMILES string of the molecule is COc1cccc(-c2cc(-c3ccccc3)c3cc(Br)ccc3n2)c1. The van der Waals surface area contributed by atoms with E-state index >= 15 is 0 Å². The number of aromatic nitrogens is 1. The molecule has 4 aromatic rings. The number of benzene rings is 3. The quantitative estimate of drug-likeness (QED) is 0.407. The Balaban J connectivity index is 1.99. The molecule has 0 aliphatic rings. The van der Waals surface area contributed by atoms with Gasteiger partial charge in [0.15, 0.2) is 0 Å². The number of fused-ring (bicyclic) bond motifs is 1. The summed E-state index contributed by atoms with van der Waals surface area (Å²) < 4.78 is 6.41. The van der Waals surface area contributed by atoms with E-state index in [1.54, 1.807) is 7.11 Å². The average Bonchev–Trinajstić information content (AvgIpc) is 2.68. The van der Waals surface area contributed by atoms with Crippen molar-refractivity contribution in [2.75, 3.05) is 7.11 Å². The van der Waals surface area contributed by atoms with Gasteiger partial charge in [0, 0.05) is 15.4 Å². The predicted molar refractivity (Wildman–Crippen MR) is 107 cm³/mol. The van der Waals surface area contributed by atoms with Crippen LogP contribution in [0.1, 0.15) is 0 Å². The summed E-state index contributed by atoms with van der Waals surface area (Å²) in [4.78, 5) is 4.87. The summed E-state index contributed by atoms with van der Waals surface area (Å²) in [7, 11) is 1.68. The fourth-order valence-corrected chi connectivity index (χ4v) is 3.35. The lowest BCUT2D eigenvalue weighted by atomic mass is 9.98. The highest BCUT2D eigenvalue weighted by molar-refractivity contribution is 9.10. The summed E-state index contributed by atoms with van der Waals surface area (Å²) in [5.41, 5.74) is 5.30. The first-order chi connectivity index (χ1) is 12.2. The second kappa shape index (κ2) is 6.69. The van der Waals surface area contributed by atoms with Crippen molar-refractivity contribution < 1.29 is 4.74 Å². The Morgan fingerprint density at radius 2 is 1.60 bits per heavy atom. The van der Waals surface area contributed by atoms with E-state index in [0.29, 0.717) is 0 Å². The molecule has 0 radical (unpaired) electrons. The first-order valence-corrected chi connectivity index (χ1v) is 8.84. The van der Waals surface area contributed by atoms with Crippen molar-refractivity contribution in [3.05, 3.63) is 83.3 Å². The van der Waals surface area contributed by atoms with E-state index < -0.39 is 0 Å². The number of rotatable bonds is 3. The van der Waals surface area contributed by atoms with E-state index in [2.05, 4.69) is 64.5 Å². The van der Waals surface area contributed by atoms with E-state index in [0.717, 1.165) is 32.4 Å². The molecule has 0 saturated heterocycles. The Morgan fingerprint density at radius 1 is 0.800 bits per heavy atom. The van der Waals surface area contributed by atoms with Crippen molar-refractivity contribution >= 4 is 26.8 Å². The van der Waals surface area contributed by atoms with Crippen LogP contribution in [0, 0.1) is 0 Å². The normalized spacial score (nSPS) is 10.8. The minimum atomic E-state index is 0.830. The zero-order valence-corrected chi connectivity index (χ0v) is 15.3. The van der Waals surface area contributed by atoms with Crippen LogP contribution in [0.15, 0.2) is 83.3 Å². The molecule has 122 valence electrons. The highest BCUT2D eigenvalue weighted by Gasteiger charge is 2.10. The molecule has 3 aromatic carbocycles. The summed E-state index contributed by atoms with van der Waals surface area (Å²) in [6.07, 6.45) is 0. The second-order valence-electron chi connectivity index (χ2n) is 5.81. The Labute approximate surface area is 155 Å². The fraction of sp³-hybridized carbons (Fsp3) is 0.0455. The zero-order chi connectivity index (χ0) is 17.2. The van der Waals surface area contributed by atoms with E-state index in [1.165, 1.54) is 11.1 Å². The molecule has 0 aliphatic heterocycles. The lowest BCUT2D eigenvalue weighted by Gasteiger charge is -2.11. The van der Waals surface area contributed by atoms with Crippen LogP contribution < -0.4 is 4.74 Å². The van der Waals surface area contributed by atoms with Crippen molar-refractivity contribution in [2.24, 2.45) is 0 Å². The molecule has 0 amide bonds. The molecule has 3 heteroatoms. The highest BCUT2D eigenvalue weighted by Crippen LogP contribution is 2.34. The Hall–Kier alpha value is -2.65. The molecule has 0 N–H and O–H groups in total. The Kier molecular flexibility index (Phi) is 4.24. The molecule has 0 atom stereocenters. The summed E-state index contributed by atoms with van der Waals surface area (Å²) in [5, 5.41) is 1.13. The van der Waals surface area contributed by atoms with Crippen molar-refractivity contribution in [2.45, 2.75) is 0 Å². The van der Waals surface area contributed by atoms with Gasteiger partial charge in [0.25, 0.3) is 0 Å². The van der Waals surface area contributed by atoms with Crippen molar-refractivity contribution in [3.8, 4) is 28.1 Å². The zero-order valence-electron chi connectivity index (χ0n) is 13.7. The molecule has 1 aromatic heterocycles. The monoisotopic (exact) mass is 389 g/mol. The average molecular weight is 390 g/mol. The van der Waals surface area contributed by atoms with E-state index in [1.807, 2.05) is 30.3 Å². The molecular formula is C22H16BrNO. The molecule has 0 spiro atoms. The number of halogens is 1. The number of hydrogen-bond donors (Lipinski definition) is 0. The number of ether oxygens (including phenoxy) is 1. The number of nitrogens with zero attached hydrogens (tertiary/aromatic N) is 1. The van der Waals surface area contributed by atoms with Crippen LogP contribution in [0.3, 0.4) is 0 Å². The van der Waals surface area contributed by atoms with E-state index in [4.69, 9.17) is 9.72 Å². The Morgan fingerprint density at radius 3 is 2.40 bits per heavy atom. The maximum absolute atomic E-state index is 5.36. The molecule has 0 unspecified atom stereocenters. The third-order valence-corrected chi connectivity index (χ3v) is 4.71. The molecule has 4 rings (SSSR count). The molecule has 0 saturated carbocycles. The van der Waals surface area contributed by atoms with Gasteiger partial charge in [-0.05, 0) is 47.5 Å². The molecule has 25 heavy (non-hydrogen) atoms. The number of hydrogen-bond acceptors (Lipinski definition) is 2. The maximum Gasteiger partial charge on any atom is 0.119 e. The minimum absolute atomic E-state index is 0.830. The van der Waals surface area contributed by atoms with Crippen LogP contribution in [0.4, 0.5) is 0 Å². The van der Waals surface area contributed by atoms with Crippen LogP contribution in [0.25, 0.3) is 33.3 Å².